The van der Waals surface area contributed by atoms with Gasteiger partial charge in [-0.3, -0.25) is 0 Å². The van der Waals surface area contributed by atoms with Crippen LogP contribution < -0.4 is 24.8 Å². The van der Waals surface area contributed by atoms with Crippen LogP contribution in [0.25, 0.3) is 11.1 Å². The topological polar surface area (TPSA) is 0 Å². The molecule has 1 aliphatic rings. The Kier molecular flexibility index (Phi) is 13.0. The van der Waals surface area contributed by atoms with Crippen molar-refractivity contribution in [2.24, 2.45) is 0 Å². The van der Waals surface area contributed by atoms with Crippen LogP contribution in [0.1, 0.15) is 22.3 Å². The van der Waals surface area contributed by atoms with Gasteiger partial charge in [-0.1, -0.05) is 35.4 Å². The zero-order chi connectivity index (χ0) is 23.8. The first-order chi connectivity index (χ1) is 16.6. The van der Waals surface area contributed by atoms with E-state index in [1.54, 1.807) is 0 Å². The van der Waals surface area contributed by atoms with E-state index in [-0.39, 0.29) is 24.8 Å². The van der Waals surface area contributed by atoms with Crippen molar-refractivity contribution < 1.29 is 48.7 Å². The first-order valence-electron chi connectivity index (χ1n) is 11.0. The van der Waals surface area contributed by atoms with Gasteiger partial charge in [-0.25, -0.2) is 12.1 Å². The number of hydrogen-bond donors (Lipinski definition) is 0. The minimum absolute atomic E-state index is 0. The molecule has 180 valence electrons. The van der Waals surface area contributed by atoms with E-state index >= 15 is 0 Å². The molecule has 5 heteroatoms. The Labute approximate surface area is 250 Å². The third-order valence-electron chi connectivity index (χ3n) is 5.40. The van der Waals surface area contributed by atoms with Gasteiger partial charge in [0.05, 0.1) is 0 Å². The van der Waals surface area contributed by atoms with Crippen LogP contribution in [0.4, 0.5) is 0 Å². The normalized spacial score (nSPS) is 10.1. The fourth-order valence-corrected chi connectivity index (χ4v) is 5.27. The summed E-state index contributed by atoms with van der Waals surface area (Å²) in [5, 5.41) is 1.54. The second-order valence-corrected chi connectivity index (χ2v) is 10.4. The standard InChI is InChI=1S/C13H8Cl2.C13H9.C5H5.2ClH.Hf/c14-12-5-1-3-10(8-12)7-11-4-2-6-13(15)9-11;1-3-7-12-10(5-1)9-11-6-2-4-8-13(11)12;1-2-4-5-3-1;;;/h1-6,8-9H;1-5,7-8H,9H2;1-5H;2*1H;/q;2*-1;;;+2/p-2. The average Bonchev–Trinajstić information content (AvgIpc) is 3.56. The maximum Gasteiger partial charge on any atom is -0.0253 e. The van der Waals surface area contributed by atoms with E-state index in [4.69, 9.17) is 23.2 Å². The van der Waals surface area contributed by atoms with E-state index in [0.29, 0.717) is 0 Å². The molecule has 5 aromatic rings. The Morgan fingerprint density at radius 1 is 0.694 bits per heavy atom. The molecule has 0 aliphatic heterocycles. The molecule has 0 spiro atoms. The summed E-state index contributed by atoms with van der Waals surface area (Å²) in [5.41, 5.74) is 7.87. The van der Waals surface area contributed by atoms with Gasteiger partial charge < -0.3 is 24.8 Å². The molecule has 5 aromatic carbocycles. The summed E-state index contributed by atoms with van der Waals surface area (Å²) in [6.45, 7) is 0. The molecule has 0 unspecified atom stereocenters. The fourth-order valence-electron chi connectivity index (χ4n) is 3.77. The molecule has 0 saturated carbocycles. The van der Waals surface area contributed by atoms with Crippen LogP contribution in [-0.4, -0.2) is 3.26 Å². The van der Waals surface area contributed by atoms with E-state index in [1.165, 1.54) is 36.6 Å². The molecular weight excluding hydrogens is 693 g/mol. The van der Waals surface area contributed by atoms with Crippen molar-refractivity contribution in [2.75, 3.05) is 0 Å². The Hall–Kier alpha value is -1.87. The van der Waals surface area contributed by atoms with E-state index < -0.39 is 0 Å². The van der Waals surface area contributed by atoms with Crippen molar-refractivity contribution in [3.63, 3.8) is 0 Å². The zero-order valence-electron chi connectivity index (χ0n) is 19.3. The zero-order valence-corrected chi connectivity index (χ0v) is 25.9. The maximum absolute atomic E-state index is 5.98. The maximum atomic E-state index is 5.98. The van der Waals surface area contributed by atoms with Gasteiger partial charge in [-0.2, -0.15) is 48.0 Å². The molecule has 0 saturated heterocycles. The van der Waals surface area contributed by atoms with Crippen LogP contribution >= 0.6 is 23.2 Å². The monoisotopic (exact) mass is 714 g/mol. The summed E-state index contributed by atoms with van der Waals surface area (Å²) in [6, 6.07) is 44.0. The molecule has 0 atom stereocenters. The van der Waals surface area contributed by atoms with Crippen molar-refractivity contribution in [3.8, 4) is 11.1 Å². The average molecular weight is 715 g/mol. The fraction of sp³-hybridized carbons (Fsp3) is 0.0323. The van der Waals surface area contributed by atoms with Crippen LogP contribution in [0.5, 0.6) is 0 Å². The molecule has 36 heavy (non-hydrogen) atoms. The summed E-state index contributed by atoms with van der Waals surface area (Å²) in [5.74, 6) is 0. The minimum Gasteiger partial charge on any atom is -1.00 e. The third-order valence-corrected chi connectivity index (χ3v) is 7.94. The molecule has 0 radical (unpaired) electrons. The first kappa shape index (κ1) is 30.4. The molecule has 0 aromatic heterocycles. The van der Waals surface area contributed by atoms with E-state index in [2.05, 4.69) is 54.6 Å². The van der Waals surface area contributed by atoms with E-state index in [9.17, 15) is 0 Å². The SMILES string of the molecule is Clc1cccc([C](=[Hf+2])c2cccc(Cl)c2)c1.[Cl-].[Cl-].[c-]1cccc2c1Cc1ccccc1-2.c1cc[cH-]c1. The van der Waals surface area contributed by atoms with Gasteiger partial charge in [-0.15, -0.1) is 5.56 Å². The molecule has 6 rings (SSSR count). The number of benzene rings is 4. The Morgan fingerprint density at radius 2 is 1.28 bits per heavy atom. The van der Waals surface area contributed by atoms with E-state index in [1.807, 2.05) is 72.8 Å². The quantitative estimate of drug-likeness (QED) is 0.191. The molecule has 0 bridgehead atoms. The number of fused-ring (bicyclic) bond motifs is 3. The summed E-state index contributed by atoms with van der Waals surface area (Å²) < 4.78 is 1.31. The molecule has 1 aliphatic carbocycles. The van der Waals surface area contributed by atoms with Gasteiger partial charge in [-0.05, 0) is 6.42 Å². The predicted molar refractivity (Wildman–Crippen MR) is 142 cm³/mol. The minimum atomic E-state index is 0. The smallest absolute Gasteiger partial charge is 0.0253 e. The number of rotatable bonds is 2. The van der Waals surface area contributed by atoms with Crippen LogP contribution in [0.3, 0.4) is 0 Å². The van der Waals surface area contributed by atoms with Crippen LogP contribution in [-0.2, 0) is 30.3 Å². The van der Waals surface area contributed by atoms with Crippen molar-refractivity contribution in [1.29, 1.82) is 0 Å². The Bertz CT molecular complexity index is 1270. The first-order valence-corrected chi connectivity index (χ1v) is 13.5. The van der Waals surface area contributed by atoms with Gasteiger partial charge in [0, 0.05) is 0 Å². The molecule has 0 fully saturated rings. The van der Waals surface area contributed by atoms with Crippen LogP contribution in [0.2, 0.25) is 10.0 Å². The Morgan fingerprint density at radius 3 is 1.83 bits per heavy atom. The van der Waals surface area contributed by atoms with Gasteiger partial charge in [0.15, 0.2) is 0 Å². The molecular formula is C31H22Cl4Hf-2. The van der Waals surface area contributed by atoms with Gasteiger partial charge in [0.2, 0.25) is 0 Å². The molecule has 0 nitrogen and oxygen atoms in total. The summed E-state index contributed by atoms with van der Waals surface area (Å²) >= 11 is 12.9. The van der Waals surface area contributed by atoms with Gasteiger partial charge in [0.1, 0.15) is 0 Å². The molecule has 0 N–H and O–H groups in total. The number of halogens is 4. The van der Waals surface area contributed by atoms with Crippen LogP contribution in [0.15, 0.2) is 121 Å². The number of hydrogen-bond acceptors (Lipinski definition) is 0. The van der Waals surface area contributed by atoms with Crippen molar-refractivity contribution >= 4 is 26.5 Å². The Balaban J connectivity index is 0.000000205. The summed E-state index contributed by atoms with van der Waals surface area (Å²) in [6.07, 6.45) is 1.05. The van der Waals surface area contributed by atoms with Gasteiger partial charge >= 0.3 is 120 Å². The third kappa shape index (κ3) is 8.33. The molecule has 0 heterocycles. The largest absolute Gasteiger partial charge is 1.00 e. The van der Waals surface area contributed by atoms with Crippen molar-refractivity contribution in [1.82, 2.24) is 0 Å². The molecule has 0 amide bonds. The van der Waals surface area contributed by atoms with Crippen LogP contribution in [0, 0.1) is 6.07 Å². The van der Waals surface area contributed by atoms with Crippen molar-refractivity contribution in [3.05, 3.63) is 160 Å². The second kappa shape index (κ2) is 15.4. The van der Waals surface area contributed by atoms with Gasteiger partial charge in [0.25, 0.3) is 0 Å². The summed E-state index contributed by atoms with van der Waals surface area (Å²) in [7, 11) is 0. The summed E-state index contributed by atoms with van der Waals surface area (Å²) in [4.78, 5) is 0. The van der Waals surface area contributed by atoms with E-state index in [0.717, 1.165) is 40.4 Å². The second-order valence-electron chi connectivity index (χ2n) is 7.75. The van der Waals surface area contributed by atoms with Crippen molar-refractivity contribution in [2.45, 2.75) is 6.42 Å². The predicted octanol–water partition coefficient (Wildman–Crippen LogP) is 2.58.